The molecule has 2 amide bonds. The molecule has 0 bridgehead atoms. The van der Waals surface area contributed by atoms with Crippen LogP contribution in [-0.4, -0.2) is 25.8 Å². The summed E-state index contributed by atoms with van der Waals surface area (Å²) in [4.78, 5) is 13.8. The van der Waals surface area contributed by atoms with E-state index in [-0.39, 0.29) is 11.4 Å². The van der Waals surface area contributed by atoms with Gasteiger partial charge in [0, 0.05) is 36.6 Å². The van der Waals surface area contributed by atoms with Gasteiger partial charge in [-0.15, -0.1) is 11.3 Å². The van der Waals surface area contributed by atoms with E-state index in [0.29, 0.717) is 13.1 Å². The maximum absolute atomic E-state index is 12.5. The fourth-order valence-corrected chi connectivity index (χ4v) is 4.77. The van der Waals surface area contributed by atoms with E-state index < -0.39 is 0 Å². The number of ether oxygens (including phenoxy) is 1. The van der Waals surface area contributed by atoms with Crippen molar-refractivity contribution in [2.24, 2.45) is 0 Å². The number of rotatable bonds is 5. The Labute approximate surface area is 163 Å². The van der Waals surface area contributed by atoms with Crippen LogP contribution in [-0.2, 0) is 16.7 Å². The molecule has 5 heteroatoms. The second-order valence-electron chi connectivity index (χ2n) is 7.04. The van der Waals surface area contributed by atoms with E-state index in [1.807, 2.05) is 18.2 Å². The van der Waals surface area contributed by atoms with E-state index in [2.05, 4.69) is 52.4 Å². The average molecular weight is 381 g/mol. The Kier molecular flexibility index (Phi) is 5.41. The first-order chi connectivity index (χ1) is 13.3. The van der Waals surface area contributed by atoms with Gasteiger partial charge >= 0.3 is 6.03 Å². The summed E-state index contributed by atoms with van der Waals surface area (Å²) in [6.45, 7) is 2.65. The van der Waals surface area contributed by atoms with Gasteiger partial charge in [0.25, 0.3) is 0 Å². The van der Waals surface area contributed by atoms with Crippen molar-refractivity contribution in [3.8, 4) is 0 Å². The molecule has 3 aromatic rings. The molecule has 1 saturated heterocycles. The predicted molar refractivity (Wildman–Crippen MR) is 110 cm³/mol. The van der Waals surface area contributed by atoms with Crippen molar-refractivity contribution in [2.45, 2.75) is 24.8 Å². The standard InChI is InChI=1S/C22H24N2O2S/c25-21(23-15-18-7-3-6-17-5-1-2-8-19(17)18)24-16-22(10-12-26-13-11-22)20-9-4-14-27-20/h1-9,14H,10-13,15-16H2,(H2,23,24,25). The average Bonchev–Trinajstić information content (AvgIpc) is 3.27. The van der Waals surface area contributed by atoms with Gasteiger partial charge < -0.3 is 15.4 Å². The molecule has 4 nitrogen and oxygen atoms in total. The minimum Gasteiger partial charge on any atom is -0.381 e. The van der Waals surface area contributed by atoms with E-state index in [4.69, 9.17) is 4.74 Å². The van der Waals surface area contributed by atoms with Crippen molar-refractivity contribution < 1.29 is 9.53 Å². The molecule has 1 aliphatic heterocycles. The van der Waals surface area contributed by atoms with Gasteiger partial charge in [-0.1, -0.05) is 48.5 Å². The quantitative estimate of drug-likeness (QED) is 0.687. The second kappa shape index (κ2) is 8.11. The summed E-state index contributed by atoms with van der Waals surface area (Å²) in [6.07, 6.45) is 1.88. The molecule has 0 atom stereocenters. The summed E-state index contributed by atoms with van der Waals surface area (Å²) < 4.78 is 5.55. The third kappa shape index (κ3) is 3.99. The van der Waals surface area contributed by atoms with Crippen LogP contribution in [0.5, 0.6) is 0 Å². The van der Waals surface area contributed by atoms with Gasteiger partial charge in [-0.3, -0.25) is 0 Å². The number of amides is 2. The van der Waals surface area contributed by atoms with Gasteiger partial charge in [-0.2, -0.15) is 0 Å². The third-order valence-corrected chi connectivity index (χ3v) is 6.52. The van der Waals surface area contributed by atoms with Crippen LogP contribution in [0.3, 0.4) is 0 Å². The van der Waals surface area contributed by atoms with Crippen LogP contribution < -0.4 is 10.6 Å². The molecule has 0 spiro atoms. The molecule has 1 aromatic heterocycles. The third-order valence-electron chi connectivity index (χ3n) is 5.40. The summed E-state index contributed by atoms with van der Waals surface area (Å²) in [5.74, 6) is 0. The van der Waals surface area contributed by atoms with E-state index in [1.165, 1.54) is 15.6 Å². The van der Waals surface area contributed by atoms with E-state index >= 15 is 0 Å². The fraction of sp³-hybridized carbons (Fsp3) is 0.318. The SMILES string of the molecule is O=C(NCc1cccc2ccccc12)NCC1(c2cccs2)CCOCC1. The minimum atomic E-state index is -0.120. The lowest BCUT2D eigenvalue weighted by Crippen LogP contribution is -2.46. The van der Waals surface area contributed by atoms with Crippen molar-refractivity contribution in [1.29, 1.82) is 0 Å². The first-order valence-electron chi connectivity index (χ1n) is 9.37. The Morgan fingerprint density at radius 3 is 2.63 bits per heavy atom. The summed E-state index contributed by atoms with van der Waals surface area (Å²) in [5, 5.41) is 10.6. The highest BCUT2D eigenvalue weighted by atomic mass is 32.1. The Morgan fingerprint density at radius 2 is 1.81 bits per heavy atom. The molecule has 0 radical (unpaired) electrons. The maximum atomic E-state index is 12.5. The van der Waals surface area contributed by atoms with E-state index in [1.54, 1.807) is 11.3 Å². The van der Waals surface area contributed by atoms with Crippen LogP contribution in [0.15, 0.2) is 60.0 Å². The molecule has 2 heterocycles. The number of benzene rings is 2. The molecular weight excluding hydrogens is 356 g/mol. The lowest BCUT2D eigenvalue weighted by molar-refractivity contribution is 0.0519. The first kappa shape index (κ1) is 18.0. The van der Waals surface area contributed by atoms with Crippen molar-refractivity contribution in [3.05, 3.63) is 70.4 Å². The lowest BCUT2D eigenvalue weighted by Gasteiger charge is -2.36. The van der Waals surface area contributed by atoms with Crippen molar-refractivity contribution in [3.63, 3.8) is 0 Å². The van der Waals surface area contributed by atoms with Crippen molar-refractivity contribution >= 4 is 28.1 Å². The molecule has 4 rings (SSSR count). The number of urea groups is 1. The molecule has 2 aromatic carbocycles. The number of carbonyl (C=O) groups excluding carboxylic acids is 1. The topological polar surface area (TPSA) is 50.4 Å². The molecular formula is C22H24N2O2S. The molecule has 0 aliphatic carbocycles. The summed E-state index contributed by atoms with van der Waals surface area (Å²) >= 11 is 1.76. The van der Waals surface area contributed by atoms with Crippen LogP contribution >= 0.6 is 11.3 Å². The van der Waals surface area contributed by atoms with E-state index in [0.717, 1.165) is 31.6 Å². The number of hydrogen-bond donors (Lipinski definition) is 2. The minimum absolute atomic E-state index is 0.0107. The highest BCUT2D eigenvalue weighted by Gasteiger charge is 2.35. The van der Waals surface area contributed by atoms with Crippen LogP contribution in [0.2, 0.25) is 0 Å². The molecule has 140 valence electrons. The zero-order valence-electron chi connectivity index (χ0n) is 15.2. The van der Waals surface area contributed by atoms with Gasteiger partial charge in [0.2, 0.25) is 0 Å². The fourth-order valence-electron chi connectivity index (χ4n) is 3.79. The lowest BCUT2D eigenvalue weighted by atomic mass is 9.78. The normalized spacial score (nSPS) is 16.1. The van der Waals surface area contributed by atoms with E-state index in [9.17, 15) is 4.79 Å². The zero-order valence-corrected chi connectivity index (χ0v) is 16.1. The van der Waals surface area contributed by atoms with Crippen LogP contribution in [0.4, 0.5) is 4.79 Å². The van der Waals surface area contributed by atoms with Crippen molar-refractivity contribution in [2.75, 3.05) is 19.8 Å². The summed E-state index contributed by atoms with van der Waals surface area (Å²) in [5.41, 5.74) is 1.12. The van der Waals surface area contributed by atoms with Crippen LogP contribution in [0, 0.1) is 0 Å². The number of fused-ring (bicyclic) bond motifs is 1. The molecule has 2 N–H and O–H groups in total. The summed E-state index contributed by atoms with van der Waals surface area (Å²) in [6, 6.07) is 18.6. The Balaban J connectivity index is 1.39. The predicted octanol–water partition coefficient (Wildman–Crippen LogP) is 4.45. The number of thiophene rings is 1. The monoisotopic (exact) mass is 380 g/mol. The summed E-state index contributed by atoms with van der Waals surface area (Å²) in [7, 11) is 0. The van der Waals surface area contributed by atoms with Crippen molar-refractivity contribution in [1.82, 2.24) is 10.6 Å². The maximum Gasteiger partial charge on any atom is 0.315 e. The van der Waals surface area contributed by atoms with Gasteiger partial charge in [0.1, 0.15) is 0 Å². The number of nitrogens with one attached hydrogen (secondary N) is 2. The Morgan fingerprint density at radius 1 is 1.00 bits per heavy atom. The molecule has 27 heavy (non-hydrogen) atoms. The number of carbonyl (C=O) groups is 1. The largest absolute Gasteiger partial charge is 0.381 e. The molecule has 0 unspecified atom stereocenters. The zero-order chi connectivity index (χ0) is 18.5. The molecule has 1 aliphatic rings. The molecule has 0 saturated carbocycles. The van der Waals surface area contributed by atoms with Crippen LogP contribution in [0.25, 0.3) is 10.8 Å². The first-order valence-corrected chi connectivity index (χ1v) is 10.2. The Bertz CT molecular complexity index is 896. The highest BCUT2D eigenvalue weighted by molar-refractivity contribution is 7.10. The number of hydrogen-bond acceptors (Lipinski definition) is 3. The Hall–Kier alpha value is -2.37. The van der Waals surface area contributed by atoms with Gasteiger partial charge in [-0.05, 0) is 40.6 Å². The van der Waals surface area contributed by atoms with Gasteiger partial charge in [-0.25, -0.2) is 4.79 Å². The van der Waals surface area contributed by atoms with Gasteiger partial charge in [0.05, 0.1) is 0 Å². The smallest absolute Gasteiger partial charge is 0.315 e. The van der Waals surface area contributed by atoms with Crippen LogP contribution in [0.1, 0.15) is 23.3 Å². The second-order valence-corrected chi connectivity index (χ2v) is 7.99. The van der Waals surface area contributed by atoms with Gasteiger partial charge in [0.15, 0.2) is 0 Å². The molecule has 1 fully saturated rings. The highest BCUT2D eigenvalue weighted by Crippen LogP contribution is 2.36.